The van der Waals surface area contributed by atoms with Gasteiger partial charge in [0.25, 0.3) is 0 Å². The van der Waals surface area contributed by atoms with E-state index in [0.29, 0.717) is 10.9 Å². The van der Waals surface area contributed by atoms with E-state index < -0.39 is 0 Å². The Kier molecular flexibility index (Phi) is 1.60. The van der Waals surface area contributed by atoms with Crippen LogP contribution >= 0.6 is 0 Å². The molecule has 40 valence electrons. The quantitative estimate of drug-likeness (QED) is 0.392. The first-order valence-electron chi connectivity index (χ1n) is 2.68. The van der Waals surface area contributed by atoms with E-state index in [0.717, 1.165) is 5.69 Å². The minimum atomic E-state index is 0.609. The van der Waals surface area contributed by atoms with Gasteiger partial charge < -0.3 is 0 Å². The van der Waals surface area contributed by atoms with Crippen LogP contribution in [-0.4, -0.2) is 20.7 Å². The summed E-state index contributed by atoms with van der Waals surface area (Å²) >= 11 is 0. The Hall–Kier alpha value is -0.720. The van der Waals surface area contributed by atoms with Crippen molar-refractivity contribution in [2.24, 2.45) is 0 Å². The summed E-state index contributed by atoms with van der Waals surface area (Å²) in [5.41, 5.74) is 2.08. The lowest BCUT2D eigenvalue weighted by molar-refractivity contribution is 1.24. The van der Waals surface area contributed by atoms with Gasteiger partial charge in [0.05, 0.1) is 0 Å². The number of aromatic nitrogens is 1. The number of hydrogen-bond acceptors (Lipinski definition) is 1. The van der Waals surface area contributed by atoms with Crippen molar-refractivity contribution in [3.63, 3.8) is 0 Å². The highest BCUT2D eigenvalue weighted by Crippen LogP contribution is 1.79. The summed E-state index contributed by atoms with van der Waals surface area (Å²) in [6, 6.07) is 1.70. The Morgan fingerprint density at radius 3 is 2.56 bits per heavy atom. The molecule has 9 heavy (non-hydrogen) atoms. The van der Waals surface area contributed by atoms with Crippen molar-refractivity contribution in [2.75, 3.05) is 0 Å². The summed E-state index contributed by atoms with van der Waals surface area (Å²) in [4.78, 5) is 3.93. The van der Waals surface area contributed by atoms with Gasteiger partial charge in [-0.3, -0.25) is 4.98 Å². The van der Waals surface area contributed by atoms with E-state index in [1.165, 1.54) is 0 Å². The molecule has 1 nitrogen and oxygen atoms in total. The number of hydrogen-bond donors (Lipinski definition) is 0. The molecule has 0 bridgehead atoms. The zero-order valence-corrected chi connectivity index (χ0v) is 5.26. The van der Waals surface area contributed by atoms with Crippen LogP contribution in [0.2, 0.25) is 0 Å². The van der Waals surface area contributed by atoms with Gasteiger partial charge in [0.15, 0.2) is 0 Å². The first-order valence-corrected chi connectivity index (χ1v) is 2.68. The van der Waals surface area contributed by atoms with Crippen molar-refractivity contribution < 1.29 is 0 Å². The Bertz CT molecular complexity index is 222. The predicted octanol–water partition coefficient (Wildman–Crippen LogP) is -1.02. The standard InChI is InChI=1S/C6H5B2N/c1-4-6(8)2-5(7)3-9-4/h2-3H,1H3. The van der Waals surface area contributed by atoms with Crippen LogP contribution in [0.3, 0.4) is 0 Å². The van der Waals surface area contributed by atoms with E-state index in [-0.39, 0.29) is 0 Å². The van der Waals surface area contributed by atoms with Crippen molar-refractivity contribution in [3.8, 4) is 0 Å². The van der Waals surface area contributed by atoms with Crippen molar-refractivity contribution in [1.82, 2.24) is 4.98 Å². The van der Waals surface area contributed by atoms with Crippen LogP contribution in [-0.2, 0) is 0 Å². The molecule has 1 heterocycles. The highest BCUT2D eigenvalue weighted by molar-refractivity contribution is 6.37. The van der Waals surface area contributed by atoms with Crippen molar-refractivity contribution >= 4 is 26.6 Å². The Balaban J connectivity index is 3.17. The second kappa shape index (κ2) is 2.26. The fourth-order valence-corrected chi connectivity index (χ4v) is 0.567. The molecule has 0 aromatic carbocycles. The Morgan fingerprint density at radius 2 is 2.11 bits per heavy atom. The molecule has 0 aliphatic carbocycles. The molecule has 0 saturated carbocycles. The van der Waals surface area contributed by atoms with Gasteiger partial charge in [0.2, 0.25) is 0 Å². The van der Waals surface area contributed by atoms with Crippen LogP contribution in [0.4, 0.5) is 0 Å². The molecule has 0 aliphatic rings. The van der Waals surface area contributed by atoms with Crippen LogP contribution in [0, 0.1) is 6.92 Å². The topological polar surface area (TPSA) is 12.9 Å². The number of nitrogens with zero attached hydrogens (tertiary/aromatic N) is 1. The van der Waals surface area contributed by atoms with Crippen LogP contribution in [0.25, 0.3) is 0 Å². The molecule has 1 aromatic rings. The lowest BCUT2D eigenvalue weighted by atomic mass is 9.88. The third-order valence-electron chi connectivity index (χ3n) is 1.15. The molecule has 0 amide bonds. The largest absolute Gasteiger partial charge is 0.263 e. The van der Waals surface area contributed by atoms with Crippen LogP contribution in [0.15, 0.2) is 12.3 Å². The van der Waals surface area contributed by atoms with E-state index in [4.69, 9.17) is 15.7 Å². The molecule has 1 aromatic heterocycles. The van der Waals surface area contributed by atoms with Crippen LogP contribution < -0.4 is 10.9 Å². The Labute approximate surface area is 57.3 Å². The van der Waals surface area contributed by atoms with Gasteiger partial charge in [-0.05, 0) is 6.92 Å². The molecule has 0 spiro atoms. The molecule has 0 saturated heterocycles. The molecule has 4 radical (unpaired) electrons. The lowest BCUT2D eigenvalue weighted by Crippen LogP contribution is -2.17. The maximum Gasteiger partial charge on any atom is 0.116 e. The molecule has 0 atom stereocenters. The van der Waals surface area contributed by atoms with E-state index in [1.807, 2.05) is 6.92 Å². The third-order valence-corrected chi connectivity index (χ3v) is 1.15. The third kappa shape index (κ3) is 1.35. The van der Waals surface area contributed by atoms with Gasteiger partial charge in [0, 0.05) is 11.9 Å². The van der Waals surface area contributed by atoms with Gasteiger partial charge in [-0.1, -0.05) is 17.0 Å². The smallest absolute Gasteiger partial charge is 0.116 e. The molecule has 1 rings (SSSR count). The zero-order valence-electron chi connectivity index (χ0n) is 5.26. The van der Waals surface area contributed by atoms with Gasteiger partial charge in [-0.15, -0.1) is 0 Å². The van der Waals surface area contributed by atoms with Gasteiger partial charge in [-0.25, -0.2) is 0 Å². The van der Waals surface area contributed by atoms with E-state index in [9.17, 15) is 0 Å². The summed E-state index contributed by atoms with van der Waals surface area (Å²) in [5.74, 6) is 0. The number of rotatable bonds is 0. The first kappa shape index (κ1) is 6.40. The van der Waals surface area contributed by atoms with Crippen molar-refractivity contribution in [3.05, 3.63) is 18.0 Å². The van der Waals surface area contributed by atoms with Gasteiger partial charge >= 0.3 is 0 Å². The molecular weight excluding hydrogens is 108 g/mol. The van der Waals surface area contributed by atoms with Crippen molar-refractivity contribution in [2.45, 2.75) is 6.92 Å². The van der Waals surface area contributed by atoms with Gasteiger partial charge in [-0.2, -0.15) is 0 Å². The molecule has 0 N–H and O–H groups in total. The summed E-state index contributed by atoms with van der Waals surface area (Å²) in [6.45, 7) is 1.84. The Morgan fingerprint density at radius 1 is 1.44 bits per heavy atom. The zero-order chi connectivity index (χ0) is 6.85. The van der Waals surface area contributed by atoms with E-state index in [1.54, 1.807) is 12.3 Å². The maximum absolute atomic E-state index is 5.48. The number of aryl methyl sites for hydroxylation is 1. The second-order valence-corrected chi connectivity index (χ2v) is 1.94. The summed E-state index contributed by atoms with van der Waals surface area (Å²) in [6.07, 6.45) is 1.59. The molecule has 3 heteroatoms. The highest BCUT2D eigenvalue weighted by Gasteiger charge is 1.89. The minimum absolute atomic E-state index is 0.609. The van der Waals surface area contributed by atoms with E-state index in [2.05, 4.69) is 4.98 Å². The molecular formula is C6H5B2N. The molecule has 0 fully saturated rings. The average Bonchev–Trinajstić information content (AvgIpc) is 1.80. The fraction of sp³-hybridized carbons (Fsp3) is 0.167. The van der Waals surface area contributed by atoms with Crippen LogP contribution in [0.5, 0.6) is 0 Å². The predicted molar refractivity (Wildman–Crippen MR) is 39.8 cm³/mol. The highest BCUT2D eigenvalue weighted by atomic mass is 14.7. The molecule has 0 unspecified atom stereocenters. The molecule has 0 aliphatic heterocycles. The second-order valence-electron chi connectivity index (χ2n) is 1.94. The van der Waals surface area contributed by atoms with Crippen molar-refractivity contribution in [1.29, 1.82) is 0 Å². The average molecular weight is 113 g/mol. The lowest BCUT2D eigenvalue weighted by Gasteiger charge is -1.98. The summed E-state index contributed by atoms with van der Waals surface area (Å²) < 4.78 is 0. The minimum Gasteiger partial charge on any atom is -0.263 e. The summed E-state index contributed by atoms with van der Waals surface area (Å²) in [7, 11) is 10.9. The fourth-order valence-electron chi connectivity index (χ4n) is 0.567. The van der Waals surface area contributed by atoms with E-state index >= 15 is 0 Å². The maximum atomic E-state index is 5.48. The van der Waals surface area contributed by atoms with Gasteiger partial charge in [0.1, 0.15) is 15.7 Å². The summed E-state index contributed by atoms with van der Waals surface area (Å²) in [5, 5.41) is 0. The first-order chi connectivity index (χ1) is 4.20. The monoisotopic (exact) mass is 113 g/mol. The van der Waals surface area contributed by atoms with Crippen LogP contribution in [0.1, 0.15) is 5.69 Å². The normalized spacial score (nSPS) is 9.44. The number of pyridine rings is 1. The SMILES string of the molecule is [B]c1cnc(C)c([B])c1.